The molecule has 1 aliphatic heterocycles. The Morgan fingerprint density at radius 3 is 3.00 bits per heavy atom. The van der Waals surface area contributed by atoms with E-state index < -0.39 is 0 Å². The lowest BCUT2D eigenvalue weighted by Crippen LogP contribution is -2.21. The monoisotopic (exact) mass is 280 g/mol. The third-order valence-corrected chi connectivity index (χ3v) is 2.99. The van der Waals surface area contributed by atoms with Crippen molar-refractivity contribution in [2.75, 3.05) is 5.32 Å². The first-order valence-corrected chi connectivity index (χ1v) is 5.94. The lowest BCUT2D eigenvalue weighted by atomic mass is 10.0. The standard InChI is InChI=1S/C12H13BrN2O/c1-8-3-2-6-14-12(8)15-10-5-4-9(13)7-11(10)16/h2,4-8,16H,3H2,1H3,(H,14,15). The van der Waals surface area contributed by atoms with Gasteiger partial charge in [-0.15, -0.1) is 0 Å². The molecule has 1 aromatic rings. The zero-order chi connectivity index (χ0) is 11.5. The summed E-state index contributed by atoms with van der Waals surface area (Å²) in [6.45, 7) is 2.10. The number of hydrogen-bond acceptors (Lipinski definition) is 3. The lowest BCUT2D eigenvalue weighted by Gasteiger charge is -2.18. The second-order valence-corrected chi connectivity index (χ2v) is 4.74. The number of phenolic OH excluding ortho intramolecular Hbond substituents is 1. The molecule has 2 rings (SSSR count). The van der Waals surface area contributed by atoms with Crippen molar-refractivity contribution in [1.29, 1.82) is 0 Å². The van der Waals surface area contributed by atoms with Gasteiger partial charge in [0.15, 0.2) is 0 Å². The van der Waals surface area contributed by atoms with Crippen LogP contribution < -0.4 is 5.32 Å². The summed E-state index contributed by atoms with van der Waals surface area (Å²) >= 11 is 3.30. The summed E-state index contributed by atoms with van der Waals surface area (Å²) < 4.78 is 0.856. The number of amidine groups is 1. The highest BCUT2D eigenvalue weighted by molar-refractivity contribution is 9.10. The predicted molar refractivity (Wildman–Crippen MR) is 69.8 cm³/mol. The molecule has 16 heavy (non-hydrogen) atoms. The van der Waals surface area contributed by atoms with Crippen LogP contribution in [-0.4, -0.2) is 10.9 Å². The summed E-state index contributed by atoms with van der Waals surface area (Å²) in [5, 5.41) is 12.9. The Kier molecular flexibility index (Phi) is 3.29. The Morgan fingerprint density at radius 1 is 1.50 bits per heavy atom. The first kappa shape index (κ1) is 11.2. The van der Waals surface area contributed by atoms with E-state index in [-0.39, 0.29) is 5.75 Å². The fraction of sp³-hybridized carbons (Fsp3) is 0.250. The van der Waals surface area contributed by atoms with E-state index in [0.29, 0.717) is 11.6 Å². The van der Waals surface area contributed by atoms with E-state index in [4.69, 9.17) is 0 Å². The zero-order valence-corrected chi connectivity index (χ0v) is 10.5. The van der Waals surface area contributed by atoms with Gasteiger partial charge in [-0.05, 0) is 24.6 Å². The summed E-state index contributed by atoms with van der Waals surface area (Å²) in [4.78, 5) is 4.27. The minimum absolute atomic E-state index is 0.221. The van der Waals surface area contributed by atoms with Gasteiger partial charge in [-0.1, -0.05) is 28.9 Å². The minimum atomic E-state index is 0.221. The van der Waals surface area contributed by atoms with E-state index in [0.717, 1.165) is 16.7 Å². The number of phenols is 1. The van der Waals surface area contributed by atoms with Gasteiger partial charge in [0.2, 0.25) is 0 Å². The number of aromatic hydroxyl groups is 1. The van der Waals surface area contributed by atoms with Gasteiger partial charge < -0.3 is 10.4 Å². The van der Waals surface area contributed by atoms with E-state index in [1.54, 1.807) is 12.3 Å². The van der Waals surface area contributed by atoms with Gasteiger partial charge in [-0.3, -0.25) is 0 Å². The van der Waals surface area contributed by atoms with Crippen molar-refractivity contribution in [2.24, 2.45) is 10.9 Å². The molecule has 0 aromatic heterocycles. The molecule has 0 saturated carbocycles. The maximum absolute atomic E-state index is 9.74. The second-order valence-electron chi connectivity index (χ2n) is 3.82. The first-order chi connectivity index (χ1) is 7.66. The normalized spacial score (nSPS) is 19.4. The fourth-order valence-corrected chi connectivity index (χ4v) is 1.89. The van der Waals surface area contributed by atoms with Gasteiger partial charge >= 0.3 is 0 Å². The molecular formula is C12H13BrN2O. The summed E-state index contributed by atoms with van der Waals surface area (Å²) in [5.74, 6) is 1.46. The van der Waals surface area contributed by atoms with Crippen LogP contribution in [0.5, 0.6) is 5.75 Å². The number of nitrogens with zero attached hydrogens (tertiary/aromatic N) is 1. The summed E-state index contributed by atoms with van der Waals surface area (Å²) in [6.07, 6.45) is 4.80. The molecular weight excluding hydrogens is 268 g/mol. The number of halogens is 1. The molecule has 4 heteroatoms. The molecule has 0 saturated heterocycles. The van der Waals surface area contributed by atoms with Crippen LogP contribution in [0.3, 0.4) is 0 Å². The average molecular weight is 281 g/mol. The largest absolute Gasteiger partial charge is 0.506 e. The van der Waals surface area contributed by atoms with Crippen molar-refractivity contribution in [3.05, 3.63) is 34.9 Å². The van der Waals surface area contributed by atoms with Crippen molar-refractivity contribution in [1.82, 2.24) is 0 Å². The first-order valence-electron chi connectivity index (χ1n) is 5.15. The number of benzene rings is 1. The minimum Gasteiger partial charge on any atom is -0.506 e. The highest BCUT2D eigenvalue weighted by Crippen LogP contribution is 2.28. The van der Waals surface area contributed by atoms with Crippen molar-refractivity contribution in [3.63, 3.8) is 0 Å². The predicted octanol–water partition coefficient (Wildman–Crippen LogP) is 3.52. The van der Waals surface area contributed by atoms with Gasteiger partial charge in [0, 0.05) is 16.6 Å². The highest BCUT2D eigenvalue weighted by atomic mass is 79.9. The van der Waals surface area contributed by atoms with Crippen LogP contribution in [-0.2, 0) is 0 Å². The summed E-state index contributed by atoms with van der Waals surface area (Å²) in [7, 11) is 0. The van der Waals surface area contributed by atoms with E-state index >= 15 is 0 Å². The molecule has 0 spiro atoms. The lowest BCUT2D eigenvalue weighted by molar-refractivity contribution is 0.477. The van der Waals surface area contributed by atoms with Gasteiger partial charge in [0.25, 0.3) is 0 Å². The van der Waals surface area contributed by atoms with E-state index in [1.165, 1.54) is 0 Å². The number of aliphatic imine (C=N–C) groups is 1. The molecule has 1 unspecified atom stereocenters. The fourth-order valence-electron chi connectivity index (χ4n) is 1.54. The molecule has 0 bridgehead atoms. The molecule has 3 nitrogen and oxygen atoms in total. The van der Waals surface area contributed by atoms with Crippen molar-refractivity contribution in [2.45, 2.75) is 13.3 Å². The zero-order valence-electron chi connectivity index (χ0n) is 8.94. The maximum atomic E-state index is 9.74. The van der Waals surface area contributed by atoms with Crippen LogP contribution in [0.15, 0.2) is 39.9 Å². The third kappa shape index (κ3) is 2.44. The van der Waals surface area contributed by atoms with Gasteiger partial charge in [-0.25, -0.2) is 4.99 Å². The number of rotatable bonds is 1. The smallest absolute Gasteiger partial charge is 0.140 e. The molecule has 1 aromatic carbocycles. The Morgan fingerprint density at radius 2 is 2.31 bits per heavy atom. The summed E-state index contributed by atoms with van der Waals surface area (Å²) in [6, 6.07) is 5.37. The molecule has 2 N–H and O–H groups in total. The average Bonchev–Trinajstić information content (AvgIpc) is 2.25. The van der Waals surface area contributed by atoms with E-state index in [1.807, 2.05) is 18.2 Å². The number of nitrogens with one attached hydrogen (secondary N) is 1. The van der Waals surface area contributed by atoms with Crippen LogP contribution in [0.1, 0.15) is 13.3 Å². The Labute approximate surface area is 103 Å². The van der Waals surface area contributed by atoms with Crippen LogP contribution in [0.4, 0.5) is 5.69 Å². The quantitative estimate of drug-likeness (QED) is 0.773. The second kappa shape index (κ2) is 4.70. The number of hydrogen-bond donors (Lipinski definition) is 2. The number of allylic oxidation sites excluding steroid dienone is 1. The van der Waals surface area contributed by atoms with E-state index in [2.05, 4.69) is 33.2 Å². The molecule has 0 fully saturated rings. The molecule has 1 aliphatic rings. The Bertz CT molecular complexity index is 454. The van der Waals surface area contributed by atoms with Gasteiger partial charge in [-0.2, -0.15) is 0 Å². The molecule has 1 atom stereocenters. The van der Waals surface area contributed by atoms with Crippen molar-refractivity contribution >= 4 is 27.5 Å². The maximum Gasteiger partial charge on any atom is 0.140 e. The third-order valence-electron chi connectivity index (χ3n) is 2.50. The van der Waals surface area contributed by atoms with Crippen LogP contribution in [0.2, 0.25) is 0 Å². The highest BCUT2D eigenvalue weighted by Gasteiger charge is 2.13. The Balaban J connectivity index is 2.20. The SMILES string of the molecule is CC1CC=CN=C1Nc1ccc(Br)cc1O. The van der Waals surface area contributed by atoms with Crippen molar-refractivity contribution < 1.29 is 5.11 Å². The van der Waals surface area contributed by atoms with Gasteiger partial charge in [0.1, 0.15) is 11.6 Å². The Hall–Kier alpha value is -1.29. The van der Waals surface area contributed by atoms with Gasteiger partial charge in [0.05, 0.1) is 5.69 Å². The summed E-state index contributed by atoms with van der Waals surface area (Å²) in [5.41, 5.74) is 0.684. The molecule has 0 radical (unpaired) electrons. The molecule has 0 aliphatic carbocycles. The molecule has 1 heterocycles. The van der Waals surface area contributed by atoms with Crippen LogP contribution in [0.25, 0.3) is 0 Å². The van der Waals surface area contributed by atoms with E-state index in [9.17, 15) is 5.11 Å². The molecule has 0 amide bonds. The van der Waals surface area contributed by atoms with Crippen molar-refractivity contribution in [3.8, 4) is 5.75 Å². The van der Waals surface area contributed by atoms with Crippen LogP contribution >= 0.6 is 15.9 Å². The number of anilines is 1. The molecule has 84 valence electrons. The van der Waals surface area contributed by atoms with Crippen LogP contribution in [0, 0.1) is 5.92 Å². The topological polar surface area (TPSA) is 44.6 Å².